The molecule has 0 heterocycles. The number of phosphoric acid groups is 1. The number of unbranched alkanes of at least 4 members (excludes halogenated alkanes) is 24. The van der Waals surface area contributed by atoms with Crippen molar-refractivity contribution in [3.63, 3.8) is 0 Å². The second-order valence-corrected chi connectivity index (χ2v) is 17.1. The second-order valence-electron chi connectivity index (χ2n) is 15.7. The van der Waals surface area contributed by atoms with Crippen LogP contribution < -0.4 is 0 Å². The topological polar surface area (TPSA) is 115 Å². The third-order valence-electron chi connectivity index (χ3n) is 9.37. The summed E-state index contributed by atoms with van der Waals surface area (Å²) >= 11 is 0. The molecule has 0 bridgehead atoms. The largest absolute Gasteiger partial charge is 0.472 e. The van der Waals surface area contributed by atoms with Gasteiger partial charge in [0.1, 0.15) is 19.3 Å². The van der Waals surface area contributed by atoms with Crippen molar-refractivity contribution in [2.75, 3.05) is 47.5 Å². The van der Waals surface area contributed by atoms with E-state index in [1.54, 1.807) is 0 Å². The SMILES string of the molecule is CCCCCCCCCCCCCCCC(O)OC[C@H](COP(=O)(O)OCC[N+](C)(C)C)OC(O)CCCCCCCCCCCCCCC. The van der Waals surface area contributed by atoms with Crippen molar-refractivity contribution in [2.45, 2.75) is 212 Å². The van der Waals surface area contributed by atoms with E-state index in [0.29, 0.717) is 23.9 Å². The van der Waals surface area contributed by atoms with Gasteiger partial charge in [0.05, 0.1) is 34.4 Å². The zero-order valence-corrected chi connectivity index (χ0v) is 34.5. The van der Waals surface area contributed by atoms with Gasteiger partial charge in [-0.05, 0) is 25.7 Å². The first-order valence-corrected chi connectivity index (χ1v) is 22.5. The van der Waals surface area contributed by atoms with Crippen molar-refractivity contribution >= 4 is 7.82 Å². The number of quaternary nitrogens is 1. The van der Waals surface area contributed by atoms with Gasteiger partial charge in [0.15, 0.2) is 12.6 Å². The second kappa shape index (κ2) is 34.7. The molecule has 0 spiro atoms. The Kier molecular flexibility index (Phi) is 34.6. The molecule has 302 valence electrons. The van der Waals surface area contributed by atoms with Crippen molar-refractivity contribution in [3.8, 4) is 0 Å². The maximum absolute atomic E-state index is 12.5. The molecular weight excluding hydrogens is 653 g/mol. The molecule has 0 radical (unpaired) electrons. The lowest BCUT2D eigenvalue weighted by Gasteiger charge is -2.25. The Hall–Kier alpha value is -0.0900. The number of hydrogen-bond donors (Lipinski definition) is 3. The number of aliphatic hydroxyl groups is 2. The first-order valence-electron chi connectivity index (χ1n) is 21.0. The van der Waals surface area contributed by atoms with E-state index >= 15 is 0 Å². The summed E-state index contributed by atoms with van der Waals surface area (Å²) in [5.41, 5.74) is 0. The highest BCUT2D eigenvalue weighted by Crippen LogP contribution is 2.43. The predicted molar refractivity (Wildman–Crippen MR) is 208 cm³/mol. The molecule has 0 aromatic heterocycles. The molecule has 0 aromatic rings. The number of hydrogen-bond acceptors (Lipinski definition) is 7. The summed E-state index contributed by atoms with van der Waals surface area (Å²) in [5, 5.41) is 21.1. The van der Waals surface area contributed by atoms with E-state index < -0.39 is 26.5 Å². The van der Waals surface area contributed by atoms with Crippen LogP contribution in [0.2, 0.25) is 0 Å². The van der Waals surface area contributed by atoms with E-state index in [-0.39, 0.29) is 19.8 Å². The minimum Gasteiger partial charge on any atom is -0.368 e. The van der Waals surface area contributed by atoms with Gasteiger partial charge in [0, 0.05) is 0 Å². The van der Waals surface area contributed by atoms with Crippen LogP contribution in [0, 0.1) is 0 Å². The Bertz CT molecular complexity index is 753. The first-order chi connectivity index (χ1) is 24.0. The molecule has 0 saturated carbocycles. The monoisotopic (exact) mass is 739 g/mol. The Morgan fingerprint density at radius 3 is 1.26 bits per heavy atom. The molecular formula is C40H85NO8P+. The minimum absolute atomic E-state index is 0.0614. The van der Waals surface area contributed by atoms with Gasteiger partial charge in [0.2, 0.25) is 0 Å². The highest BCUT2D eigenvalue weighted by Gasteiger charge is 2.26. The lowest BCUT2D eigenvalue weighted by molar-refractivity contribution is -0.870. The summed E-state index contributed by atoms with van der Waals surface area (Å²) in [6.07, 6.45) is 30.8. The number of aliphatic hydroxyl groups excluding tert-OH is 2. The Labute approximate surface area is 309 Å². The fourth-order valence-electron chi connectivity index (χ4n) is 6.04. The molecule has 9 nitrogen and oxygen atoms in total. The fraction of sp³-hybridized carbons (Fsp3) is 1.00. The number of nitrogens with zero attached hydrogens (tertiary/aromatic N) is 1. The van der Waals surface area contributed by atoms with Gasteiger partial charge in [-0.1, -0.05) is 168 Å². The van der Waals surface area contributed by atoms with Crippen LogP contribution in [-0.2, 0) is 23.1 Å². The van der Waals surface area contributed by atoms with Crippen molar-refractivity contribution in [3.05, 3.63) is 0 Å². The van der Waals surface area contributed by atoms with E-state index in [1.807, 2.05) is 21.1 Å². The number of phosphoric ester groups is 1. The van der Waals surface area contributed by atoms with Gasteiger partial charge in [0.25, 0.3) is 0 Å². The molecule has 0 aromatic carbocycles. The molecule has 0 aliphatic heterocycles. The molecule has 0 saturated heterocycles. The first kappa shape index (κ1) is 49.9. The van der Waals surface area contributed by atoms with Gasteiger partial charge < -0.3 is 29.1 Å². The highest BCUT2D eigenvalue weighted by atomic mass is 31.2. The summed E-state index contributed by atoms with van der Waals surface area (Å²) in [7, 11) is 1.60. The molecule has 0 aliphatic carbocycles. The lowest BCUT2D eigenvalue weighted by atomic mass is 10.0. The van der Waals surface area contributed by atoms with Crippen LogP contribution in [0.4, 0.5) is 0 Å². The molecule has 3 unspecified atom stereocenters. The molecule has 0 amide bonds. The maximum atomic E-state index is 12.5. The van der Waals surface area contributed by atoms with Crippen LogP contribution >= 0.6 is 7.82 Å². The summed E-state index contributed by atoms with van der Waals surface area (Å²) in [4.78, 5) is 10.2. The van der Waals surface area contributed by atoms with Gasteiger partial charge in [-0.3, -0.25) is 9.05 Å². The van der Waals surface area contributed by atoms with Crippen LogP contribution in [-0.4, -0.2) is 85.8 Å². The molecule has 10 heteroatoms. The van der Waals surface area contributed by atoms with E-state index in [0.717, 1.165) is 38.5 Å². The quantitative estimate of drug-likeness (QED) is 0.0246. The number of likely N-dealkylation sites (N-methyl/N-ethyl adjacent to an activating group) is 1. The van der Waals surface area contributed by atoms with Crippen LogP contribution in [0.1, 0.15) is 194 Å². The molecule has 0 rings (SSSR count). The van der Waals surface area contributed by atoms with Gasteiger partial charge in [-0.2, -0.15) is 0 Å². The van der Waals surface area contributed by atoms with E-state index in [9.17, 15) is 19.7 Å². The fourth-order valence-corrected chi connectivity index (χ4v) is 6.78. The molecule has 3 N–H and O–H groups in total. The van der Waals surface area contributed by atoms with Crippen molar-refractivity contribution in [1.29, 1.82) is 0 Å². The molecule has 0 aliphatic rings. The van der Waals surface area contributed by atoms with Crippen molar-refractivity contribution in [2.24, 2.45) is 0 Å². The number of rotatable bonds is 40. The third kappa shape index (κ3) is 37.7. The standard InChI is InChI=1S/C40H84NO8P/c1-6-8-10-12-14-16-18-20-22-24-26-28-30-32-39(42)46-36-38(37-48-50(44,45)47-35-34-41(3,4)5)49-40(43)33-31-29-27-25-23-21-19-17-15-13-11-9-7-2/h38-40,42-43H,6-37H2,1-5H3/p+1/t38-,39?,40?/m1/s1. The van der Waals surface area contributed by atoms with Crippen LogP contribution in [0.5, 0.6) is 0 Å². The van der Waals surface area contributed by atoms with Crippen LogP contribution in [0.25, 0.3) is 0 Å². The van der Waals surface area contributed by atoms with Gasteiger partial charge >= 0.3 is 7.82 Å². The Balaban J connectivity index is 4.35. The zero-order valence-electron chi connectivity index (χ0n) is 33.6. The molecule has 50 heavy (non-hydrogen) atoms. The summed E-state index contributed by atoms with van der Waals surface area (Å²) in [5.74, 6) is 0. The lowest BCUT2D eigenvalue weighted by Crippen LogP contribution is -2.37. The van der Waals surface area contributed by atoms with Crippen LogP contribution in [0.15, 0.2) is 0 Å². The third-order valence-corrected chi connectivity index (χ3v) is 10.4. The van der Waals surface area contributed by atoms with E-state index in [4.69, 9.17) is 18.5 Å². The highest BCUT2D eigenvalue weighted by molar-refractivity contribution is 7.47. The zero-order chi connectivity index (χ0) is 37.2. The normalized spacial score (nSPS) is 15.3. The van der Waals surface area contributed by atoms with E-state index in [1.165, 1.54) is 128 Å². The average Bonchev–Trinajstić information content (AvgIpc) is 3.06. The number of ether oxygens (including phenoxy) is 2. The smallest absolute Gasteiger partial charge is 0.368 e. The molecule has 0 fully saturated rings. The Morgan fingerprint density at radius 1 is 0.520 bits per heavy atom. The van der Waals surface area contributed by atoms with Crippen LogP contribution in [0.3, 0.4) is 0 Å². The summed E-state index contributed by atoms with van der Waals surface area (Å²) in [6, 6.07) is 0. The average molecular weight is 739 g/mol. The van der Waals surface area contributed by atoms with Gasteiger partial charge in [-0.15, -0.1) is 0 Å². The van der Waals surface area contributed by atoms with Crippen molar-refractivity contribution < 1.29 is 42.7 Å². The molecule has 4 atom stereocenters. The summed E-state index contributed by atoms with van der Waals surface area (Å²) < 4.78 is 34.9. The predicted octanol–water partition coefficient (Wildman–Crippen LogP) is 10.8. The van der Waals surface area contributed by atoms with Crippen molar-refractivity contribution in [1.82, 2.24) is 0 Å². The van der Waals surface area contributed by atoms with E-state index in [2.05, 4.69) is 13.8 Å². The summed E-state index contributed by atoms with van der Waals surface area (Å²) in [6.45, 7) is 4.77. The maximum Gasteiger partial charge on any atom is 0.472 e. The van der Waals surface area contributed by atoms with Gasteiger partial charge in [-0.25, -0.2) is 4.57 Å². The Morgan fingerprint density at radius 2 is 0.880 bits per heavy atom. The minimum atomic E-state index is -4.31.